The Morgan fingerprint density at radius 2 is 1.80 bits per heavy atom. The lowest BCUT2D eigenvalue weighted by molar-refractivity contribution is -0.0685. The van der Waals surface area contributed by atoms with Crippen LogP contribution in [0.4, 0.5) is 0 Å². The molecule has 0 saturated heterocycles. The van der Waals surface area contributed by atoms with Crippen LogP contribution in [0.2, 0.25) is 0 Å². The molecular formula is C13H22BrN. The first kappa shape index (κ1) is 10.6. The number of nitrogens with zero attached hydrogens (tertiary/aromatic N) is 1. The van der Waals surface area contributed by atoms with E-state index < -0.39 is 0 Å². The molecule has 4 saturated carbocycles. The molecule has 2 heteroatoms. The van der Waals surface area contributed by atoms with Crippen molar-refractivity contribution in [2.75, 3.05) is 13.6 Å². The summed E-state index contributed by atoms with van der Waals surface area (Å²) >= 11 is 4.04. The fourth-order valence-corrected chi connectivity index (χ4v) is 5.93. The minimum absolute atomic E-state index is 0.517. The summed E-state index contributed by atoms with van der Waals surface area (Å²) in [4.78, 5) is 3.40. The third-order valence-electron chi connectivity index (χ3n) is 5.38. The van der Waals surface area contributed by atoms with Crippen molar-refractivity contribution in [1.82, 2.24) is 4.90 Å². The molecule has 15 heavy (non-hydrogen) atoms. The first-order valence-electron chi connectivity index (χ1n) is 6.51. The second kappa shape index (κ2) is 3.46. The molecule has 0 aromatic carbocycles. The van der Waals surface area contributed by atoms with Gasteiger partial charge in [-0.1, -0.05) is 22.9 Å². The second-order valence-electron chi connectivity index (χ2n) is 6.13. The first-order chi connectivity index (χ1) is 7.15. The van der Waals surface area contributed by atoms with Crippen molar-refractivity contribution in [2.45, 2.75) is 49.4 Å². The van der Waals surface area contributed by atoms with E-state index in [1.54, 1.807) is 0 Å². The minimum atomic E-state index is 0.517. The van der Waals surface area contributed by atoms with E-state index in [0.717, 1.165) is 22.6 Å². The molecule has 0 amide bonds. The Morgan fingerprint density at radius 3 is 2.33 bits per heavy atom. The summed E-state index contributed by atoms with van der Waals surface area (Å²) in [6.07, 6.45) is 7.47. The number of hydrogen-bond donors (Lipinski definition) is 0. The summed E-state index contributed by atoms with van der Waals surface area (Å²) in [5.41, 5.74) is 0.517. The van der Waals surface area contributed by atoms with Gasteiger partial charge in [0.15, 0.2) is 0 Å². The Kier molecular flexibility index (Phi) is 2.44. The highest BCUT2D eigenvalue weighted by Crippen LogP contribution is 2.59. The van der Waals surface area contributed by atoms with E-state index in [0.29, 0.717) is 5.54 Å². The predicted octanol–water partition coefficient (Wildman–Crippen LogP) is 3.28. The van der Waals surface area contributed by atoms with Gasteiger partial charge in [-0.25, -0.2) is 0 Å². The molecule has 4 fully saturated rings. The maximum absolute atomic E-state index is 4.04. The Morgan fingerprint density at radius 1 is 1.20 bits per heavy atom. The van der Waals surface area contributed by atoms with Gasteiger partial charge in [0, 0.05) is 10.4 Å². The van der Waals surface area contributed by atoms with Gasteiger partial charge in [-0.2, -0.15) is 0 Å². The van der Waals surface area contributed by atoms with E-state index in [1.165, 1.54) is 38.6 Å². The van der Waals surface area contributed by atoms with Crippen molar-refractivity contribution in [3.63, 3.8) is 0 Å². The molecule has 0 aromatic rings. The number of rotatable bonds is 2. The van der Waals surface area contributed by atoms with Gasteiger partial charge in [-0.3, -0.25) is 4.90 Å². The molecule has 3 unspecified atom stereocenters. The van der Waals surface area contributed by atoms with E-state index in [9.17, 15) is 0 Å². The molecule has 4 aliphatic rings. The maximum atomic E-state index is 4.04. The van der Waals surface area contributed by atoms with Crippen molar-refractivity contribution in [1.29, 1.82) is 0 Å². The van der Waals surface area contributed by atoms with Crippen LogP contribution in [0, 0.1) is 17.8 Å². The Labute approximate surface area is 102 Å². The lowest BCUT2D eigenvalue weighted by atomic mass is 9.52. The average Bonchev–Trinajstić information content (AvgIpc) is 2.23. The third-order valence-corrected chi connectivity index (χ3v) is 6.98. The molecule has 0 spiro atoms. The highest BCUT2D eigenvalue weighted by atomic mass is 79.9. The van der Waals surface area contributed by atoms with Gasteiger partial charge < -0.3 is 0 Å². The summed E-state index contributed by atoms with van der Waals surface area (Å²) in [7, 11) is 2.33. The summed E-state index contributed by atoms with van der Waals surface area (Å²) in [6.45, 7) is 3.51. The van der Waals surface area contributed by atoms with Crippen molar-refractivity contribution in [3.05, 3.63) is 0 Å². The van der Waals surface area contributed by atoms with E-state index in [2.05, 4.69) is 34.8 Å². The van der Waals surface area contributed by atoms with Crippen molar-refractivity contribution >= 4 is 15.9 Å². The fourth-order valence-electron chi connectivity index (χ4n) is 4.77. The predicted molar refractivity (Wildman–Crippen MR) is 67.3 cm³/mol. The van der Waals surface area contributed by atoms with Crippen molar-refractivity contribution < 1.29 is 0 Å². The van der Waals surface area contributed by atoms with Gasteiger partial charge in [0.1, 0.15) is 0 Å². The Balaban J connectivity index is 1.94. The van der Waals surface area contributed by atoms with E-state index >= 15 is 0 Å². The minimum Gasteiger partial charge on any atom is -0.300 e. The number of alkyl halides is 1. The van der Waals surface area contributed by atoms with Gasteiger partial charge in [0.2, 0.25) is 0 Å². The molecule has 0 heterocycles. The van der Waals surface area contributed by atoms with E-state index in [4.69, 9.17) is 0 Å². The molecule has 0 N–H and O–H groups in total. The lowest BCUT2D eigenvalue weighted by Crippen LogP contribution is -2.65. The normalized spacial score (nSPS) is 52.8. The molecule has 4 aliphatic carbocycles. The van der Waals surface area contributed by atoms with Crippen LogP contribution in [0.5, 0.6) is 0 Å². The van der Waals surface area contributed by atoms with Crippen LogP contribution in [-0.2, 0) is 0 Å². The van der Waals surface area contributed by atoms with Gasteiger partial charge >= 0.3 is 0 Å². The fraction of sp³-hybridized carbons (Fsp3) is 1.00. The summed E-state index contributed by atoms with van der Waals surface area (Å²) < 4.78 is 0. The quantitative estimate of drug-likeness (QED) is 0.697. The van der Waals surface area contributed by atoms with E-state index in [-0.39, 0.29) is 0 Å². The largest absolute Gasteiger partial charge is 0.300 e. The van der Waals surface area contributed by atoms with Crippen LogP contribution < -0.4 is 0 Å². The monoisotopic (exact) mass is 271 g/mol. The van der Waals surface area contributed by atoms with Crippen LogP contribution in [0.15, 0.2) is 0 Å². The topological polar surface area (TPSA) is 3.24 Å². The van der Waals surface area contributed by atoms with Crippen LogP contribution in [0.1, 0.15) is 39.0 Å². The smallest absolute Gasteiger partial charge is 0.0358 e. The van der Waals surface area contributed by atoms with Crippen LogP contribution >= 0.6 is 15.9 Å². The molecule has 0 aliphatic heterocycles. The standard InChI is InChI=1S/C13H22BrN/c1-3-15(2)13-7-9-4-10(8-13)6-11(5-9)12(13)14/h9-12H,3-8H2,1-2H3. The van der Waals surface area contributed by atoms with Crippen molar-refractivity contribution in [3.8, 4) is 0 Å². The zero-order valence-electron chi connectivity index (χ0n) is 9.88. The van der Waals surface area contributed by atoms with Crippen LogP contribution in [0.25, 0.3) is 0 Å². The number of hydrogen-bond acceptors (Lipinski definition) is 1. The second-order valence-corrected chi connectivity index (χ2v) is 7.11. The SMILES string of the molecule is CCN(C)C12CC3CC(CC(C3)C1Br)C2. The van der Waals surface area contributed by atoms with Crippen LogP contribution in [-0.4, -0.2) is 28.9 Å². The molecule has 86 valence electrons. The third kappa shape index (κ3) is 1.37. The summed E-state index contributed by atoms with van der Waals surface area (Å²) in [6, 6.07) is 0. The van der Waals surface area contributed by atoms with Gasteiger partial charge in [-0.15, -0.1) is 0 Å². The zero-order chi connectivity index (χ0) is 10.6. The lowest BCUT2D eigenvalue weighted by Gasteiger charge is -2.62. The molecule has 3 atom stereocenters. The molecular weight excluding hydrogens is 250 g/mol. The molecule has 4 bridgehead atoms. The Hall–Kier alpha value is 0.440. The van der Waals surface area contributed by atoms with Gasteiger partial charge in [-0.05, 0) is 63.5 Å². The zero-order valence-corrected chi connectivity index (χ0v) is 11.5. The molecule has 4 rings (SSSR count). The average molecular weight is 272 g/mol. The highest BCUT2D eigenvalue weighted by molar-refractivity contribution is 9.09. The van der Waals surface area contributed by atoms with Gasteiger partial charge in [0.25, 0.3) is 0 Å². The van der Waals surface area contributed by atoms with Crippen LogP contribution in [0.3, 0.4) is 0 Å². The Bertz CT molecular complexity index is 251. The summed E-state index contributed by atoms with van der Waals surface area (Å²) in [5, 5.41) is 0. The van der Waals surface area contributed by atoms with E-state index in [1.807, 2.05) is 0 Å². The summed E-state index contributed by atoms with van der Waals surface area (Å²) in [5.74, 6) is 3.07. The molecule has 1 nitrogen and oxygen atoms in total. The molecule has 0 aromatic heterocycles. The maximum Gasteiger partial charge on any atom is 0.0358 e. The molecule has 0 radical (unpaired) electrons. The number of halogens is 1. The highest BCUT2D eigenvalue weighted by Gasteiger charge is 2.57. The van der Waals surface area contributed by atoms with Gasteiger partial charge in [0.05, 0.1) is 0 Å². The first-order valence-corrected chi connectivity index (χ1v) is 7.42. The van der Waals surface area contributed by atoms with Crippen molar-refractivity contribution in [2.24, 2.45) is 17.8 Å².